The molecule has 187 valence electrons. The summed E-state index contributed by atoms with van der Waals surface area (Å²) in [7, 11) is 3.31. The van der Waals surface area contributed by atoms with E-state index in [0.29, 0.717) is 5.92 Å². The minimum atomic E-state index is -0.698. The Labute approximate surface area is 200 Å². The van der Waals surface area contributed by atoms with Crippen molar-refractivity contribution < 1.29 is 19.2 Å². The number of hydrogen-bond acceptors (Lipinski definition) is 4. The van der Waals surface area contributed by atoms with Crippen LogP contribution in [0.5, 0.6) is 0 Å². The number of rotatable bonds is 15. The quantitative estimate of drug-likeness (QED) is 0.130. The van der Waals surface area contributed by atoms with Gasteiger partial charge in [0.1, 0.15) is 0 Å². The molecule has 0 fully saturated rings. The van der Waals surface area contributed by atoms with Gasteiger partial charge in [0, 0.05) is 7.11 Å². The van der Waals surface area contributed by atoms with Crippen molar-refractivity contribution in [1.29, 1.82) is 0 Å². The van der Waals surface area contributed by atoms with Gasteiger partial charge >= 0.3 is 7.48 Å². The fourth-order valence-electron chi connectivity index (χ4n) is 3.22. The van der Waals surface area contributed by atoms with Crippen LogP contribution in [0.3, 0.4) is 0 Å². The fraction of sp³-hybridized carbons (Fsp3) is 0.815. The van der Waals surface area contributed by atoms with E-state index in [1.54, 1.807) is 20.7 Å². The van der Waals surface area contributed by atoms with Crippen LogP contribution < -0.4 is 0 Å². The Balaban J connectivity index is 5.30. The maximum absolute atomic E-state index is 9.49. The summed E-state index contributed by atoms with van der Waals surface area (Å²) in [4.78, 5) is 0. The van der Waals surface area contributed by atoms with Crippen molar-refractivity contribution in [3.05, 3.63) is 30.1 Å². The first-order chi connectivity index (χ1) is 14.5. The van der Waals surface area contributed by atoms with Gasteiger partial charge in [-0.15, -0.1) is 0 Å². The zero-order valence-electron chi connectivity index (χ0n) is 23.0. The van der Waals surface area contributed by atoms with E-state index in [1.165, 1.54) is 0 Å². The molecule has 5 heteroatoms. The summed E-state index contributed by atoms with van der Waals surface area (Å²) in [5.74, 6) is 0.462. The molecule has 1 N–H and O–H groups in total. The topological polar surface area (TPSA) is 47.9 Å². The predicted octanol–water partition coefficient (Wildman–Crippen LogP) is 6.70. The van der Waals surface area contributed by atoms with E-state index in [1.807, 2.05) is 40.7 Å². The van der Waals surface area contributed by atoms with Gasteiger partial charge in [-0.25, -0.2) is 0 Å². The van der Waals surface area contributed by atoms with Crippen LogP contribution in [-0.4, -0.2) is 43.8 Å². The Bertz CT molecular complexity index is 585. The SMILES string of the molecule is CCC(C)(C)[CH-]C(C/C=C\C([B]OC(C)(C)C(OC)OC(C)(C)C)=C/CO)C(C)(C)CC. The van der Waals surface area contributed by atoms with Gasteiger partial charge in [0.15, 0.2) is 6.29 Å². The molecular weight excluding hydrogens is 399 g/mol. The second-order valence-corrected chi connectivity index (χ2v) is 11.6. The molecule has 4 nitrogen and oxygen atoms in total. The molecule has 0 saturated carbocycles. The summed E-state index contributed by atoms with van der Waals surface area (Å²) < 4.78 is 17.6. The molecule has 1 radical (unpaired) electrons. The normalized spacial score (nSPS) is 16.5. The van der Waals surface area contributed by atoms with E-state index < -0.39 is 11.9 Å². The molecule has 0 amide bonds. The third kappa shape index (κ3) is 12.0. The zero-order valence-corrected chi connectivity index (χ0v) is 23.0. The van der Waals surface area contributed by atoms with E-state index in [-0.39, 0.29) is 23.0 Å². The van der Waals surface area contributed by atoms with Gasteiger partial charge in [-0.2, -0.15) is 11.3 Å². The third-order valence-electron chi connectivity index (χ3n) is 6.25. The average molecular weight is 451 g/mol. The highest BCUT2D eigenvalue weighted by Gasteiger charge is 2.34. The van der Waals surface area contributed by atoms with Crippen LogP contribution in [0, 0.1) is 23.2 Å². The van der Waals surface area contributed by atoms with Crippen molar-refractivity contribution >= 4 is 7.48 Å². The molecule has 0 aromatic rings. The first kappa shape index (κ1) is 31.4. The maximum Gasteiger partial charge on any atom is 0.330 e. The largest absolute Gasteiger partial charge is 0.425 e. The van der Waals surface area contributed by atoms with Gasteiger partial charge in [-0.1, -0.05) is 89.9 Å². The minimum absolute atomic E-state index is 0.0506. The highest BCUT2D eigenvalue weighted by molar-refractivity contribution is 6.39. The average Bonchev–Trinajstić information content (AvgIpc) is 2.68. The van der Waals surface area contributed by atoms with Crippen molar-refractivity contribution in [3.8, 4) is 0 Å². The van der Waals surface area contributed by atoms with Crippen molar-refractivity contribution in [1.82, 2.24) is 0 Å². The van der Waals surface area contributed by atoms with Gasteiger partial charge < -0.3 is 25.7 Å². The van der Waals surface area contributed by atoms with Crippen LogP contribution in [0.15, 0.2) is 23.7 Å². The van der Waals surface area contributed by atoms with Gasteiger partial charge in [0.2, 0.25) is 0 Å². The number of ether oxygens (including phenoxy) is 2. The third-order valence-corrected chi connectivity index (χ3v) is 6.25. The van der Waals surface area contributed by atoms with Gasteiger partial charge in [0.05, 0.1) is 17.8 Å². The van der Waals surface area contributed by atoms with Crippen molar-refractivity contribution in [3.63, 3.8) is 0 Å². The van der Waals surface area contributed by atoms with E-state index >= 15 is 0 Å². The predicted molar refractivity (Wildman–Crippen MR) is 137 cm³/mol. The van der Waals surface area contributed by atoms with Crippen LogP contribution in [-0.2, 0) is 14.1 Å². The number of aliphatic hydroxyl groups excluding tert-OH is 1. The Morgan fingerprint density at radius 1 is 1.00 bits per heavy atom. The van der Waals surface area contributed by atoms with Crippen LogP contribution in [0.4, 0.5) is 0 Å². The molecule has 0 bridgehead atoms. The molecule has 0 aliphatic rings. The van der Waals surface area contributed by atoms with E-state index in [0.717, 1.165) is 24.7 Å². The first-order valence-electron chi connectivity index (χ1n) is 12.1. The Morgan fingerprint density at radius 3 is 2.03 bits per heavy atom. The number of hydrogen-bond donors (Lipinski definition) is 1. The lowest BCUT2D eigenvalue weighted by Gasteiger charge is -2.47. The number of allylic oxidation sites excluding steroid dienone is 3. The van der Waals surface area contributed by atoms with Crippen molar-refractivity contribution in [2.24, 2.45) is 16.7 Å². The maximum atomic E-state index is 9.49. The van der Waals surface area contributed by atoms with E-state index in [4.69, 9.17) is 14.1 Å². The second kappa shape index (κ2) is 13.3. The van der Waals surface area contributed by atoms with Crippen LogP contribution in [0.25, 0.3) is 0 Å². The molecule has 0 saturated heterocycles. The number of aliphatic hydroxyl groups is 1. The molecule has 0 spiro atoms. The fourth-order valence-corrected chi connectivity index (χ4v) is 3.22. The lowest BCUT2D eigenvalue weighted by molar-refractivity contribution is -0.244. The molecule has 0 aromatic heterocycles. The summed E-state index contributed by atoms with van der Waals surface area (Å²) >= 11 is 0. The van der Waals surface area contributed by atoms with Crippen LogP contribution >= 0.6 is 0 Å². The molecular formula is C27H51BO4-. The molecule has 0 heterocycles. The lowest BCUT2D eigenvalue weighted by atomic mass is 9.67. The van der Waals surface area contributed by atoms with Gasteiger partial charge in [-0.05, 0) is 34.6 Å². The summed E-state index contributed by atoms with van der Waals surface area (Å²) in [6.45, 7) is 23.6. The first-order valence-corrected chi connectivity index (χ1v) is 12.1. The smallest absolute Gasteiger partial charge is 0.330 e. The van der Waals surface area contributed by atoms with E-state index in [9.17, 15) is 5.11 Å². The minimum Gasteiger partial charge on any atom is -0.425 e. The second-order valence-electron chi connectivity index (χ2n) is 11.6. The zero-order chi connectivity index (χ0) is 25.2. The molecule has 0 rings (SSSR count). The molecule has 2 atom stereocenters. The van der Waals surface area contributed by atoms with Crippen LogP contribution in [0.2, 0.25) is 0 Å². The molecule has 2 unspecified atom stereocenters. The van der Waals surface area contributed by atoms with E-state index in [2.05, 4.69) is 54.0 Å². The monoisotopic (exact) mass is 450 g/mol. The Kier molecular flexibility index (Phi) is 13.1. The van der Waals surface area contributed by atoms with Gasteiger partial charge in [-0.3, -0.25) is 0 Å². The summed E-state index contributed by atoms with van der Waals surface area (Å²) in [6.07, 6.45) is 11.2. The lowest BCUT2D eigenvalue weighted by Crippen LogP contribution is -2.46. The van der Waals surface area contributed by atoms with Crippen molar-refractivity contribution in [2.45, 2.75) is 113 Å². The standard InChI is InChI=1S/C27H51BO4/c1-13-25(6,7)20-21(26(8,9)14-2)16-15-17-22(18-19-29)28-32-27(10,11)23(30-12)31-24(3,4)5/h15,17-18,20-21,23,29H,13-14,16,19H2,1-12H3/q-1/b17-15-,22-18+. The Hall–Kier alpha value is -0.615. The highest BCUT2D eigenvalue weighted by Crippen LogP contribution is 2.41. The summed E-state index contributed by atoms with van der Waals surface area (Å²) in [5.41, 5.74) is 0.200. The Morgan fingerprint density at radius 2 is 1.59 bits per heavy atom. The number of methoxy groups -OCH3 is 1. The summed E-state index contributed by atoms with van der Waals surface area (Å²) in [5, 5.41) is 9.49. The molecule has 32 heavy (non-hydrogen) atoms. The van der Waals surface area contributed by atoms with Gasteiger partial charge in [0.25, 0.3) is 0 Å². The highest BCUT2D eigenvalue weighted by atomic mass is 16.7. The molecule has 0 aromatic carbocycles. The van der Waals surface area contributed by atoms with Crippen molar-refractivity contribution in [2.75, 3.05) is 13.7 Å². The molecule has 0 aliphatic heterocycles. The summed E-state index contributed by atoms with van der Waals surface area (Å²) in [6, 6.07) is 0. The molecule has 0 aliphatic carbocycles. The van der Waals surface area contributed by atoms with Crippen LogP contribution in [0.1, 0.15) is 95.4 Å².